The monoisotopic (exact) mass is 275 g/mol. The summed E-state index contributed by atoms with van der Waals surface area (Å²) in [6, 6.07) is 7.68. The molecule has 0 radical (unpaired) electrons. The van der Waals surface area contributed by atoms with Gasteiger partial charge in [0.25, 0.3) is 0 Å². The molecule has 2 rings (SSSR count). The van der Waals surface area contributed by atoms with Gasteiger partial charge in [-0.25, -0.2) is 0 Å². The number of nitrogens with one attached hydrogen (secondary N) is 1. The molecule has 0 aromatic heterocycles. The maximum absolute atomic E-state index is 12.1. The minimum Gasteiger partial charge on any atom is -0.392 e. The highest BCUT2D eigenvalue weighted by Gasteiger charge is 2.21. The quantitative estimate of drug-likeness (QED) is 0.838. The molecule has 1 unspecified atom stereocenters. The first-order valence-corrected chi connectivity index (χ1v) is 7.66. The number of carbonyl (C=O) groups excluding carboxylic acids is 1. The fourth-order valence-electron chi connectivity index (χ4n) is 3.09. The van der Waals surface area contributed by atoms with Crippen LogP contribution in [0.15, 0.2) is 24.3 Å². The summed E-state index contributed by atoms with van der Waals surface area (Å²) < 4.78 is 0. The summed E-state index contributed by atoms with van der Waals surface area (Å²) in [7, 11) is 0. The van der Waals surface area contributed by atoms with Crippen LogP contribution in [-0.2, 0) is 17.9 Å². The second kappa shape index (κ2) is 7.44. The molecule has 1 saturated carbocycles. The SMILES string of the molecule is CC(CC1CCCC1)C(=O)NCc1ccccc1CO. The number of carbonyl (C=O) groups is 1. The van der Waals surface area contributed by atoms with Gasteiger partial charge in [-0.2, -0.15) is 0 Å². The molecule has 1 amide bonds. The molecule has 3 nitrogen and oxygen atoms in total. The first-order chi connectivity index (χ1) is 9.70. The fraction of sp³-hybridized carbons (Fsp3) is 0.588. The molecule has 20 heavy (non-hydrogen) atoms. The van der Waals surface area contributed by atoms with Crippen molar-refractivity contribution in [2.75, 3.05) is 0 Å². The van der Waals surface area contributed by atoms with Crippen LogP contribution in [0.25, 0.3) is 0 Å². The Kier molecular flexibility index (Phi) is 5.60. The molecule has 0 saturated heterocycles. The average Bonchev–Trinajstić information content (AvgIpc) is 2.97. The largest absolute Gasteiger partial charge is 0.392 e. The van der Waals surface area contributed by atoms with Crippen molar-refractivity contribution in [2.24, 2.45) is 11.8 Å². The minimum atomic E-state index is 0.0175. The number of amides is 1. The van der Waals surface area contributed by atoms with Gasteiger partial charge in [-0.05, 0) is 23.5 Å². The van der Waals surface area contributed by atoms with Crippen LogP contribution in [-0.4, -0.2) is 11.0 Å². The lowest BCUT2D eigenvalue weighted by atomic mass is 9.94. The van der Waals surface area contributed by atoms with Crippen LogP contribution in [0.2, 0.25) is 0 Å². The van der Waals surface area contributed by atoms with Gasteiger partial charge in [0.05, 0.1) is 6.61 Å². The zero-order chi connectivity index (χ0) is 14.4. The van der Waals surface area contributed by atoms with E-state index in [1.807, 2.05) is 31.2 Å². The Morgan fingerprint density at radius 3 is 2.60 bits per heavy atom. The first-order valence-electron chi connectivity index (χ1n) is 7.66. The standard InChI is InChI=1S/C17H25NO2/c1-13(10-14-6-2-3-7-14)17(20)18-11-15-8-4-5-9-16(15)12-19/h4-5,8-9,13-14,19H,2-3,6-7,10-12H2,1H3,(H,18,20). The third-order valence-corrected chi connectivity index (χ3v) is 4.35. The normalized spacial score (nSPS) is 17.1. The molecule has 1 aliphatic rings. The van der Waals surface area contributed by atoms with E-state index in [1.54, 1.807) is 0 Å². The number of hydrogen-bond donors (Lipinski definition) is 2. The predicted octanol–water partition coefficient (Wildman–Crippen LogP) is 3.01. The molecule has 2 N–H and O–H groups in total. The van der Waals surface area contributed by atoms with Crippen molar-refractivity contribution in [3.63, 3.8) is 0 Å². The molecule has 1 aromatic carbocycles. The summed E-state index contributed by atoms with van der Waals surface area (Å²) in [5.41, 5.74) is 1.88. The van der Waals surface area contributed by atoms with E-state index < -0.39 is 0 Å². The fourth-order valence-corrected chi connectivity index (χ4v) is 3.09. The number of rotatable bonds is 6. The summed E-state index contributed by atoms with van der Waals surface area (Å²) in [4.78, 5) is 12.1. The van der Waals surface area contributed by atoms with E-state index >= 15 is 0 Å². The second-order valence-corrected chi connectivity index (χ2v) is 5.93. The Morgan fingerprint density at radius 1 is 1.30 bits per heavy atom. The van der Waals surface area contributed by atoms with Gasteiger partial charge in [0.1, 0.15) is 0 Å². The molecule has 110 valence electrons. The summed E-state index contributed by atoms with van der Waals surface area (Å²) in [5, 5.41) is 12.3. The lowest BCUT2D eigenvalue weighted by Crippen LogP contribution is -2.30. The van der Waals surface area contributed by atoms with E-state index in [-0.39, 0.29) is 18.4 Å². The van der Waals surface area contributed by atoms with Gasteiger partial charge >= 0.3 is 0 Å². The average molecular weight is 275 g/mol. The molecular weight excluding hydrogens is 250 g/mol. The van der Waals surface area contributed by atoms with E-state index in [2.05, 4.69) is 5.32 Å². The lowest BCUT2D eigenvalue weighted by molar-refractivity contribution is -0.125. The predicted molar refractivity (Wildman–Crippen MR) is 80.0 cm³/mol. The maximum atomic E-state index is 12.1. The van der Waals surface area contributed by atoms with Crippen LogP contribution in [0.1, 0.15) is 50.2 Å². The van der Waals surface area contributed by atoms with Crippen LogP contribution in [0.3, 0.4) is 0 Å². The van der Waals surface area contributed by atoms with Crippen molar-refractivity contribution in [3.8, 4) is 0 Å². The van der Waals surface area contributed by atoms with Gasteiger partial charge in [-0.3, -0.25) is 4.79 Å². The van der Waals surface area contributed by atoms with Crippen LogP contribution >= 0.6 is 0 Å². The molecule has 0 bridgehead atoms. The number of aliphatic hydroxyl groups excluding tert-OH is 1. The minimum absolute atomic E-state index is 0.0175. The third-order valence-electron chi connectivity index (χ3n) is 4.35. The van der Waals surface area contributed by atoms with E-state index in [0.717, 1.165) is 23.5 Å². The van der Waals surface area contributed by atoms with Crippen LogP contribution in [0.5, 0.6) is 0 Å². The van der Waals surface area contributed by atoms with Gasteiger partial charge in [0.15, 0.2) is 0 Å². The Bertz CT molecular complexity index is 438. The van der Waals surface area contributed by atoms with E-state index in [9.17, 15) is 9.90 Å². The van der Waals surface area contributed by atoms with Gasteiger partial charge in [-0.1, -0.05) is 56.9 Å². The molecule has 0 spiro atoms. The van der Waals surface area contributed by atoms with Gasteiger partial charge < -0.3 is 10.4 Å². The smallest absolute Gasteiger partial charge is 0.223 e. The molecule has 1 atom stereocenters. The van der Waals surface area contributed by atoms with Crippen molar-refractivity contribution < 1.29 is 9.90 Å². The molecular formula is C17H25NO2. The zero-order valence-electron chi connectivity index (χ0n) is 12.3. The zero-order valence-corrected chi connectivity index (χ0v) is 12.3. The highest BCUT2D eigenvalue weighted by molar-refractivity contribution is 5.78. The Labute approximate surface area is 121 Å². The third kappa shape index (κ3) is 4.07. The molecule has 1 aromatic rings. The molecule has 0 aliphatic heterocycles. The summed E-state index contributed by atoms with van der Waals surface area (Å²) in [6.45, 7) is 2.54. The Hall–Kier alpha value is -1.35. The Morgan fingerprint density at radius 2 is 1.95 bits per heavy atom. The van der Waals surface area contributed by atoms with Crippen molar-refractivity contribution in [2.45, 2.75) is 52.2 Å². The van der Waals surface area contributed by atoms with Crippen LogP contribution in [0, 0.1) is 11.8 Å². The molecule has 0 heterocycles. The summed E-state index contributed by atoms with van der Waals surface area (Å²) >= 11 is 0. The van der Waals surface area contributed by atoms with E-state index in [4.69, 9.17) is 0 Å². The van der Waals surface area contributed by atoms with Crippen molar-refractivity contribution >= 4 is 5.91 Å². The van der Waals surface area contributed by atoms with Crippen molar-refractivity contribution in [1.82, 2.24) is 5.32 Å². The molecule has 3 heteroatoms. The van der Waals surface area contributed by atoms with Gasteiger partial charge in [0, 0.05) is 12.5 Å². The summed E-state index contributed by atoms with van der Waals surface area (Å²) in [5.74, 6) is 0.949. The topological polar surface area (TPSA) is 49.3 Å². The highest BCUT2D eigenvalue weighted by Crippen LogP contribution is 2.30. The lowest BCUT2D eigenvalue weighted by Gasteiger charge is -2.16. The van der Waals surface area contributed by atoms with E-state index in [1.165, 1.54) is 25.7 Å². The first kappa shape index (κ1) is 15.0. The number of benzene rings is 1. The highest BCUT2D eigenvalue weighted by atomic mass is 16.3. The van der Waals surface area contributed by atoms with Crippen molar-refractivity contribution in [3.05, 3.63) is 35.4 Å². The van der Waals surface area contributed by atoms with Crippen LogP contribution < -0.4 is 5.32 Å². The Balaban J connectivity index is 1.81. The van der Waals surface area contributed by atoms with Gasteiger partial charge in [-0.15, -0.1) is 0 Å². The maximum Gasteiger partial charge on any atom is 0.223 e. The molecule has 1 aliphatic carbocycles. The number of hydrogen-bond acceptors (Lipinski definition) is 2. The van der Waals surface area contributed by atoms with E-state index in [0.29, 0.717) is 6.54 Å². The van der Waals surface area contributed by atoms with Gasteiger partial charge in [0.2, 0.25) is 5.91 Å². The summed E-state index contributed by atoms with van der Waals surface area (Å²) in [6.07, 6.45) is 6.22. The van der Waals surface area contributed by atoms with Crippen LogP contribution in [0.4, 0.5) is 0 Å². The second-order valence-electron chi connectivity index (χ2n) is 5.93. The molecule has 1 fully saturated rings. The number of aliphatic hydroxyl groups is 1. The van der Waals surface area contributed by atoms with Crippen molar-refractivity contribution in [1.29, 1.82) is 0 Å².